The topological polar surface area (TPSA) is 65.1 Å². The van der Waals surface area contributed by atoms with Crippen LogP contribution in [-0.4, -0.2) is 42.3 Å². The van der Waals surface area contributed by atoms with Gasteiger partial charge in [-0.05, 0) is 25.5 Å². The highest BCUT2D eigenvalue weighted by atomic mass is 16.6. The minimum absolute atomic E-state index is 0.0961. The second-order valence-electron chi connectivity index (χ2n) is 7.95. The Hall–Kier alpha value is -1.46. The third kappa shape index (κ3) is 1.72. The van der Waals surface area contributed by atoms with E-state index in [0.717, 1.165) is 5.57 Å². The Bertz CT molecular complexity index is 673. The molecule has 2 heterocycles. The first-order valence-electron chi connectivity index (χ1n) is 8.63. The molecule has 4 aliphatic rings. The van der Waals surface area contributed by atoms with Gasteiger partial charge < -0.3 is 14.2 Å². The summed E-state index contributed by atoms with van der Waals surface area (Å²) < 4.78 is 18.1. The van der Waals surface area contributed by atoms with E-state index in [2.05, 4.69) is 13.8 Å². The van der Waals surface area contributed by atoms with Crippen LogP contribution < -0.4 is 0 Å². The van der Waals surface area contributed by atoms with Crippen LogP contribution >= 0.6 is 0 Å². The fourth-order valence-corrected chi connectivity index (χ4v) is 5.21. The van der Waals surface area contributed by atoms with Crippen LogP contribution in [-0.2, 0) is 23.8 Å². The summed E-state index contributed by atoms with van der Waals surface area (Å²) >= 11 is 0. The maximum atomic E-state index is 12.5. The minimum Gasteiger partial charge on any atom is -0.458 e. The Morgan fingerprint density at radius 3 is 2.75 bits per heavy atom. The SMILES string of the molecule is C/C=C\C(=O)OC1C[C@H]2O[C@@H]3C=C(C)C(=O)C[C@]3(C)[C@]1(C)[C@]21CO1. The zero-order valence-electron chi connectivity index (χ0n) is 14.6. The van der Waals surface area contributed by atoms with Crippen molar-refractivity contribution in [3.63, 3.8) is 0 Å². The molecule has 1 unspecified atom stereocenters. The zero-order valence-corrected chi connectivity index (χ0v) is 14.6. The average molecular weight is 332 g/mol. The highest BCUT2D eigenvalue weighted by Gasteiger charge is 2.82. The maximum Gasteiger partial charge on any atom is 0.330 e. The number of epoxide rings is 1. The van der Waals surface area contributed by atoms with E-state index in [-0.39, 0.29) is 30.1 Å². The average Bonchev–Trinajstić information content (AvgIpc) is 3.27. The molecule has 24 heavy (non-hydrogen) atoms. The Morgan fingerprint density at radius 1 is 1.42 bits per heavy atom. The second-order valence-corrected chi connectivity index (χ2v) is 7.95. The molecule has 130 valence electrons. The Balaban J connectivity index is 1.78. The van der Waals surface area contributed by atoms with Gasteiger partial charge in [-0.3, -0.25) is 4.79 Å². The van der Waals surface area contributed by atoms with Crippen LogP contribution in [0, 0.1) is 10.8 Å². The fourth-order valence-electron chi connectivity index (χ4n) is 5.21. The molecule has 1 spiro atoms. The van der Waals surface area contributed by atoms with Crippen molar-refractivity contribution in [1.82, 2.24) is 0 Å². The van der Waals surface area contributed by atoms with Crippen molar-refractivity contribution in [3.05, 3.63) is 23.8 Å². The third-order valence-corrected chi connectivity index (χ3v) is 6.98. The number of carbonyl (C=O) groups is 2. The van der Waals surface area contributed by atoms with Crippen molar-refractivity contribution in [2.24, 2.45) is 10.8 Å². The van der Waals surface area contributed by atoms with Crippen molar-refractivity contribution in [1.29, 1.82) is 0 Å². The number of hydrogen-bond acceptors (Lipinski definition) is 5. The summed E-state index contributed by atoms with van der Waals surface area (Å²) in [6, 6.07) is 0. The van der Waals surface area contributed by atoms with Gasteiger partial charge in [-0.25, -0.2) is 4.79 Å². The molecule has 1 saturated carbocycles. The minimum atomic E-state index is -0.450. The van der Waals surface area contributed by atoms with Gasteiger partial charge in [-0.2, -0.15) is 0 Å². The van der Waals surface area contributed by atoms with E-state index in [0.29, 0.717) is 19.4 Å². The number of fused-ring (bicyclic) bond motifs is 2. The van der Waals surface area contributed by atoms with Gasteiger partial charge in [-0.15, -0.1) is 0 Å². The summed E-state index contributed by atoms with van der Waals surface area (Å²) in [5, 5.41) is 0. The van der Waals surface area contributed by atoms with Crippen LogP contribution in [0.3, 0.4) is 0 Å². The summed E-state index contributed by atoms with van der Waals surface area (Å²) in [7, 11) is 0. The van der Waals surface area contributed by atoms with Crippen LogP contribution in [0.4, 0.5) is 0 Å². The number of rotatable bonds is 2. The molecule has 0 radical (unpaired) electrons. The first kappa shape index (κ1) is 16.0. The molecule has 2 aliphatic carbocycles. The van der Waals surface area contributed by atoms with Crippen LogP contribution in [0.1, 0.15) is 40.5 Å². The molecular weight excluding hydrogens is 308 g/mol. The van der Waals surface area contributed by atoms with E-state index < -0.39 is 16.4 Å². The standard InChI is InChI=1S/C19H24O5/c1-5-6-16(21)24-14-8-15-19(10-22-19)18(14,4)17(3)9-12(20)11(2)7-13(17)23-15/h5-7,13-15H,8-10H2,1-4H3/b6-5-/t13-,14?,15-,17+,18-,19+/m1/s1. The van der Waals surface area contributed by atoms with Gasteiger partial charge in [-0.1, -0.05) is 19.9 Å². The monoisotopic (exact) mass is 332 g/mol. The van der Waals surface area contributed by atoms with Gasteiger partial charge in [0, 0.05) is 29.7 Å². The molecule has 2 bridgehead atoms. The van der Waals surface area contributed by atoms with Crippen molar-refractivity contribution < 1.29 is 23.8 Å². The van der Waals surface area contributed by atoms with Gasteiger partial charge in [0.1, 0.15) is 11.7 Å². The normalized spacial score (nSPS) is 49.2. The molecule has 5 heteroatoms. The van der Waals surface area contributed by atoms with Crippen molar-refractivity contribution >= 4 is 11.8 Å². The van der Waals surface area contributed by atoms with Crippen molar-refractivity contribution in [2.75, 3.05) is 6.61 Å². The Labute approximate surface area is 142 Å². The molecule has 4 rings (SSSR count). The second kappa shape index (κ2) is 4.79. The Morgan fingerprint density at radius 2 is 2.12 bits per heavy atom. The molecule has 0 aromatic rings. The highest BCUT2D eigenvalue weighted by Crippen LogP contribution is 2.71. The number of ketones is 1. The van der Waals surface area contributed by atoms with Gasteiger partial charge in [0.15, 0.2) is 5.78 Å². The van der Waals surface area contributed by atoms with E-state index in [1.165, 1.54) is 6.08 Å². The maximum absolute atomic E-state index is 12.5. The number of esters is 1. The molecule has 2 aliphatic heterocycles. The van der Waals surface area contributed by atoms with Crippen molar-refractivity contribution in [2.45, 2.75) is 64.4 Å². The number of hydrogen-bond donors (Lipinski definition) is 0. The smallest absolute Gasteiger partial charge is 0.330 e. The lowest BCUT2D eigenvalue weighted by atomic mass is 9.52. The van der Waals surface area contributed by atoms with Gasteiger partial charge in [0.25, 0.3) is 0 Å². The zero-order chi connectivity index (χ0) is 17.3. The predicted octanol–water partition coefficient (Wildman–Crippen LogP) is 2.35. The lowest BCUT2D eigenvalue weighted by Gasteiger charge is -2.56. The number of allylic oxidation sites excluding steroid dienone is 2. The third-order valence-electron chi connectivity index (χ3n) is 6.98. The lowest BCUT2D eigenvalue weighted by Crippen LogP contribution is -2.64. The first-order chi connectivity index (χ1) is 11.3. The quantitative estimate of drug-likeness (QED) is 0.441. The van der Waals surface area contributed by atoms with Crippen LogP contribution in [0.15, 0.2) is 23.8 Å². The fraction of sp³-hybridized carbons (Fsp3) is 0.684. The number of carbonyl (C=O) groups excluding carboxylic acids is 2. The number of Topliss-reactive ketones (excluding diaryl/α,β-unsaturated/α-hetero) is 1. The number of ether oxygens (including phenoxy) is 3. The highest BCUT2D eigenvalue weighted by molar-refractivity contribution is 5.96. The Kier molecular flexibility index (Phi) is 3.20. The molecule has 0 N–H and O–H groups in total. The molecule has 5 nitrogen and oxygen atoms in total. The molecule has 2 saturated heterocycles. The van der Waals surface area contributed by atoms with Crippen LogP contribution in [0.25, 0.3) is 0 Å². The van der Waals surface area contributed by atoms with Gasteiger partial charge >= 0.3 is 5.97 Å². The molecule has 6 atom stereocenters. The largest absolute Gasteiger partial charge is 0.458 e. The summed E-state index contributed by atoms with van der Waals surface area (Å²) in [5.41, 5.74) is -0.569. The van der Waals surface area contributed by atoms with E-state index in [9.17, 15) is 9.59 Å². The summed E-state index contributed by atoms with van der Waals surface area (Å²) in [5.74, 6) is -0.209. The van der Waals surface area contributed by atoms with Gasteiger partial charge in [0.05, 0.1) is 18.8 Å². The lowest BCUT2D eigenvalue weighted by molar-refractivity contribution is -0.208. The van der Waals surface area contributed by atoms with E-state index in [1.54, 1.807) is 13.0 Å². The molecule has 0 aromatic heterocycles. The summed E-state index contributed by atoms with van der Waals surface area (Å²) in [4.78, 5) is 24.5. The van der Waals surface area contributed by atoms with Crippen LogP contribution in [0.2, 0.25) is 0 Å². The molecular formula is C19H24O5. The molecule has 0 amide bonds. The summed E-state index contributed by atoms with van der Waals surface area (Å²) in [6.45, 7) is 8.43. The summed E-state index contributed by atoms with van der Waals surface area (Å²) in [6.07, 6.45) is 5.51. The van der Waals surface area contributed by atoms with Crippen molar-refractivity contribution in [3.8, 4) is 0 Å². The van der Waals surface area contributed by atoms with E-state index >= 15 is 0 Å². The molecule has 3 fully saturated rings. The predicted molar refractivity (Wildman–Crippen MR) is 86.3 cm³/mol. The van der Waals surface area contributed by atoms with Gasteiger partial charge in [0.2, 0.25) is 0 Å². The molecule has 0 aromatic carbocycles. The van der Waals surface area contributed by atoms with E-state index in [1.807, 2.05) is 13.0 Å². The van der Waals surface area contributed by atoms with E-state index in [4.69, 9.17) is 14.2 Å². The van der Waals surface area contributed by atoms with Crippen LogP contribution in [0.5, 0.6) is 0 Å². The first-order valence-corrected chi connectivity index (χ1v) is 8.63.